The zero-order valence-electron chi connectivity index (χ0n) is 24.6. The van der Waals surface area contributed by atoms with Crippen LogP contribution in [0, 0.1) is 0 Å². The van der Waals surface area contributed by atoms with E-state index in [0.717, 1.165) is 13.8 Å². The molecule has 0 spiro atoms. The van der Waals surface area contributed by atoms with Crippen LogP contribution in [0.3, 0.4) is 0 Å². The average Bonchev–Trinajstić information content (AvgIpc) is 3.23. The second-order valence-electron chi connectivity index (χ2n) is 9.90. The number of hydrogen-bond acceptors (Lipinski definition) is 12. The summed E-state index contributed by atoms with van der Waals surface area (Å²) in [7, 11) is 0. The van der Waals surface area contributed by atoms with Crippen LogP contribution in [-0.4, -0.2) is 85.8 Å². The van der Waals surface area contributed by atoms with Gasteiger partial charge in [-0.15, -0.1) is 0 Å². The van der Waals surface area contributed by atoms with Crippen LogP contribution in [0.25, 0.3) is 0 Å². The Bertz CT molecular complexity index is 1410. The summed E-state index contributed by atoms with van der Waals surface area (Å²) in [5, 5.41) is 6.71. The van der Waals surface area contributed by atoms with Crippen molar-refractivity contribution >= 4 is 41.1 Å². The molecular weight excluding hydrogens is 578 g/mol. The maximum absolute atomic E-state index is 13.5. The predicted molar refractivity (Wildman–Crippen MR) is 152 cm³/mol. The van der Waals surface area contributed by atoms with Gasteiger partial charge in [0, 0.05) is 33.3 Å². The molecule has 0 saturated carbocycles. The smallest absolute Gasteiger partial charge is 0.303 e. The molecule has 1 N–H and O–H groups in total. The van der Waals surface area contributed by atoms with E-state index < -0.39 is 67.0 Å². The van der Waals surface area contributed by atoms with E-state index in [1.54, 1.807) is 36.4 Å². The molecule has 44 heavy (non-hydrogen) atoms. The number of carbonyl (C=O) groups excluding carboxylic acids is 5. The van der Waals surface area contributed by atoms with E-state index >= 15 is 0 Å². The topological polar surface area (TPSA) is 168 Å². The quantitative estimate of drug-likeness (QED) is 0.222. The van der Waals surface area contributed by atoms with E-state index in [1.807, 2.05) is 18.2 Å². The van der Waals surface area contributed by atoms with E-state index in [-0.39, 0.29) is 18.9 Å². The summed E-state index contributed by atoms with van der Waals surface area (Å²) in [6.45, 7) is 4.65. The van der Waals surface area contributed by atoms with Crippen molar-refractivity contribution in [2.24, 2.45) is 5.16 Å². The van der Waals surface area contributed by atoms with Crippen LogP contribution in [0.15, 0.2) is 59.8 Å². The fraction of sp³-hybridized carbons (Fsp3) is 0.400. The lowest BCUT2D eigenvalue weighted by Gasteiger charge is -2.43. The highest BCUT2D eigenvalue weighted by molar-refractivity contribution is 6.54. The Labute approximate surface area is 253 Å². The maximum Gasteiger partial charge on any atom is 0.303 e. The van der Waals surface area contributed by atoms with Gasteiger partial charge in [0.15, 0.2) is 17.9 Å². The Balaban J connectivity index is 1.62. The summed E-state index contributed by atoms with van der Waals surface area (Å²) in [5.74, 6) is -2.51. The second-order valence-corrected chi connectivity index (χ2v) is 9.90. The average molecular weight is 612 g/mol. The monoisotopic (exact) mass is 611 g/mol. The van der Waals surface area contributed by atoms with Gasteiger partial charge in [-0.25, -0.2) is 0 Å². The molecule has 1 saturated heterocycles. The third-order valence-electron chi connectivity index (χ3n) is 6.54. The molecule has 234 valence electrons. The van der Waals surface area contributed by atoms with Crippen molar-refractivity contribution < 1.29 is 52.5 Å². The minimum Gasteiger partial charge on any atom is -0.492 e. The molecule has 0 aromatic heterocycles. The van der Waals surface area contributed by atoms with Crippen molar-refractivity contribution in [1.82, 2.24) is 5.32 Å². The van der Waals surface area contributed by atoms with Crippen LogP contribution in [-0.2, 0) is 47.8 Å². The third kappa shape index (κ3) is 7.89. The number of para-hydroxylation sites is 2. The molecular formula is C30H33N3O11. The molecule has 5 atom stereocenters. The van der Waals surface area contributed by atoms with Crippen molar-refractivity contribution in [2.75, 3.05) is 24.7 Å². The lowest BCUT2D eigenvalue weighted by molar-refractivity contribution is -0.278. The number of anilines is 1. The second kappa shape index (κ2) is 14.5. The summed E-state index contributed by atoms with van der Waals surface area (Å²) in [4.78, 5) is 68.6. The molecule has 2 heterocycles. The first-order valence-electron chi connectivity index (χ1n) is 13.8. The molecule has 1 fully saturated rings. The van der Waals surface area contributed by atoms with Crippen LogP contribution >= 0.6 is 0 Å². The van der Waals surface area contributed by atoms with Crippen molar-refractivity contribution in [2.45, 2.75) is 58.3 Å². The van der Waals surface area contributed by atoms with Gasteiger partial charge in [0.25, 0.3) is 12.2 Å². The van der Waals surface area contributed by atoms with E-state index in [0.29, 0.717) is 17.0 Å². The van der Waals surface area contributed by atoms with Crippen molar-refractivity contribution in [3.05, 3.63) is 60.2 Å². The van der Waals surface area contributed by atoms with E-state index in [4.69, 9.17) is 28.5 Å². The van der Waals surface area contributed by atoms with Gasteiger partial charge >= 0.3 is 17.9 Å². The molecule has 14 heteroatoms. The van der Waals surface area contributed by atoms with Crippen molar-refractivity contribution in [3.8, 4) is 5.75 Å². The molecule has 0 radical (unpaired) electrons. The van der Waals surface area contributed by atoms with Gasteiger partial charge in [0.05, 0.1) is 12.2 Å². The third-order valence-corrected chi connectivity index (χ3v) is 6.54. The van der Waals surface area contributed by atoms with Crippen LogP contribution < -0.4 is 15.0 Å². The number of oxime groups is 1. The number of rotatable bonds is 11. The summed E-state index contributed by atoms with van der Waals surface area (Å²) in [6.07, 6.45) is -5.30. The first-order chi connectivity index (χ1) is 21.0. The Kier molecular flexibility index (Phi) is 10.5. The molecule has 0 aliphatic carbocycles. The number of nitrogens with zero attached hydrogens (tertiary/aromatic N) is 2. The minimum atomic E-state index is -1.47. The largest absolute Gasteiger partial charge is 0.492 e. The van der Waals surface area contributed by atoms with Crippen molar-refractivity contribution in [3.63, 3.8) is 0 Å². The van der Waals surface area contributed by atoms with E-state index in [9.17, 15) is 24.0 Å². The maximum atomic E-state index is 13.5. The molecule has 0 unspecified atom stereocenters. The van der Waals surface area contributed by atoms with Gasteiger partial charge in [-0.05, 0) is 18.2 Å². The molecule has 4 rings (SSSR count). The molecule has 2 aromatic rings. The molecule has 2 aliphatic heterocycles. The van der Waals surface area contributed by atoms with Gasteiger partial charge in [-0.3, -0.25) is 24.0 Å². The normalized spacial score (nSPS) is 23.4. The minimum absolute atomic E-state index is 0.0480. The molecule has 2 amide bonds. The number of fused-ring (bicyclic) bond motifs is 1. The van der Waals surface area contributed by atoms with Crippen molar-refractivity contribution in [1.29, 1.82) is 0 Å². The summed E-state index contributed by atoms with van der Waals surface area (Å²) < 4.78 is 27.7. The van der Waals surface area contributed by atoms with Gasteiger partial charge in [-0.2, -0.15) is 0 Å². The highest BCUT2D eigenvalue weighted by atomic mass is 16.8. The van der Waals surface area contributed by atoms with Gasteiger partial charge in [-0.1, -0.05) is 41.6 Å². The Hall–Kier alpha value is -4.98. The summed E-state index contributed by atoms with van der Waals surface area (Å²) in [6, 6.07) is 14.9. The van der Waals surface area contributed by atoms with Gasteiger partial charge in [0.2, 0.25) is 5.91 Å². The van der Waals surface area contributed by atoms with Crippen LogP contribution in [0.1, 0.15) is 33.3 Å². The number of ether oxygens (including phenoxy) is 5. The van der Waals surface area contributed by atoms with Crippen LogP contribution in [0.4, 0.5) is 5.69 Å². The lowest BCUT2D eigenvalue weighted by atomic mass is 9.96. The standard InChI is InChI=1S/C30H33N3O11/c1-17(34)31-26-28(42-20(4)37)27(41-19(3)36)24(16-40-18(2)35)43-30(26)44-32-25-22-12-8-9-13-23(22)33(29(25)38)14-15-39-21-10-6-5-7-11-21/h5-13,24,26-28,30H,14-16H2,1-4H3,(H,31,34)/b32-25+/t24-,26-,27+,28+,30+/m0/s1. The number of hydrogen-bond donors (Lipinski definition) is 1. The van der Waals surface area contributed by atoms with E-state index in [1.165, 1.54) is 18.7 Å². The molecule has 0 bridgehead atoms. The lowest BCUT2D eigenvalue weighted by Crippen LogP contribution is -2.66. The SMILES string of the molecule is CC(=O)N[C@@H]1[C@@H](O/N=C2/C(=O)N(CCOc3ccccc3)c3ccccc32)O[C@@H](COC(C)=O)[C@@H](OC(C)=O)[C@@H]1OC(C)=O. The summed E-state index contributed by atoms with van der Waals surface area (Å²) in [5.41, 5.74) is 1.02. The zero-order chi connectivity index (χ0) is 31.8. The number of carbonyl (C=O) groups is 5. The fourth-order valence-electron chi connectivity index (χ4n) is 4.83. The van der Waals surface area contributed by atoms with Gasteiger partial charge in [0.1, 0.15) is 31.1 Å². The van der Waals surface area contributed by atoms with Crippen LogP contribution in [0.5, 0.6) is 5.75 Å². The van der Waals surface area contributed by atoms with E-state index in [2.05, 4.69) is 10.5 Å². The number of nitrogens with one attached hydrogen (secondary N) is 1. The summed E-state index contributed by atoms with van der Waals surface area (Å²) >= 11 is 0. The van der Waals surface area contributed by atoms with Gasteiger partial charge < -0.3 is 38.7 Å². The number of amides is 2. The Morgan fingerprint density at radius 3 is 2.20 bits per heavy atom. The molecule has 14 nitrogen and oxygen atoms in total. The molecule has 2 aromatic carbocycles. The zero-order valence-corrected chi connectivity index (χ0v) is 24.6. The first kappa shape index (κ1) is 31.9. The fourth-order valence-corrected chi connectivity index (χ4v) is 4.83. The Morgan fingerprint density at radius 2 is 1.55 bits per heavy atom. The first-order valence-corrected chi connectivity index (χ1v) is 13.8. The number of esters is 3. The highest BCUT2D eigenvalue weighted by Crippen LogP contribution is 2.31. The van der Waals surface area contributed by atoms with Crippen LogP contribution in [0.2, 0.25) is 0 Å². The number of benzene rings is 2. The highest BCUT2D eigenvalue weighted by Gasteiger charge is 2.52. The molecule has 2 aliphatic rings. The Morgan fingerprint density at radius 1 is 0.886 bits per heavy atom. The predicted octanol–water partition coefficient (Wildman–Crippen LogP) is 1.49.